The molecule has 0 saturated heterocycles. The lowest BCUT2D eigenvalue weighted by atomic mass is 10.2. The van der Waals surface area contributed by atoms with Crippen molar-refractivity contribution in [3.05, 3.63) is 29.6 Å². The van der Waals surface area contributed by atoms with Crippen LogP contribution in [0.1, 0.15) is 17.3 Å². The molecule has 0 amide bonds. The molecule has 0 heterocycles. The van der Waals surface area contributed by atoms with Crippen LogP contribution in [0.25, 0.3) is 0 Å². The normalized spacial score (nSPS) is 9.64. The lowest BCUT2D eigenvalue weighted by Gasteiger charge is -2.07. The molecule has 3 nitrogen and oxygen atoms in total. The molecule has 0 fully saturated rings. The maximum atomic E-state index is 12.8. The molecule has 76 valence electrons. The molecule has 1 rings (SSSR count). The zero-order chi connectivity index (χ0) is 10.6. The van der Waals surface area contributed by atoms with E-state index in [4.69, 9.17) is 4.74 Å². The van der Waals surface area contributed by atoms with Crippen LogP contribution in [-0.2, 0) is 4.74 Å². The second kappa shape index (κ2) is 4.60. The van der Waals surface area contributed by atoms with Gasteiger partial charge in [-0.25, -0.2) is 9.18 Å². The minimum Gasteiger partial charge on any atom is -0.462 e. The Kier molecular flexibility index (Phi) is 3.45. The number of nitrogens with one attached hydrogen (secondary N) is 1. The van der Waals surface area contributed by atoms with Gasteiger partial charge in [0.15, 0.2) is 0 Å². The van der Waals surface area contributed by atoms with Crippen LogP contribution in [0.4, 0.5) is 10.1 Å². The topological polar surface area (TPSA) is 38.3 Å². The summed E-state index contributed by atoms with van der Waals surface area (Å²) in [6, 6.07) is 3.94. The van der Waals surface area contributed by atoms with Gasteiger partial charge in [-0.05, 0) is 25.1 Å². The Morgan fingerprint density at radius 1 is 1.57 bits per heavy atom. The number of esters is 1. The molecule has 0 radical (unpaired) electrons. The fourth-order valence-corrected chi connectivity index (χ4v) is 1.11. The van der Waals surface area contributed by atoms with Crippen molar-refractivity contribution in [1.29, 1.82) is 0 Å². The van der Waals surface area contributed by atoms with E-state index in [-0.39, 0.29) is 12.2 Å². The number of halogens is 1. The average Bonchev–Trinajstić information content (AvgIpc) is 2.18. The molecule has 0 spiro atoms. The van der Waals surface area contributed by atoms with E-state index in [1.165, 1.54) is 12.1 Å². The van der Waals surface area contributed by atoms with E-state index in [1.807, 2.05) is 0 Å². The summed E-state index contributed by atoms with van der Waals surface area (Å²) < 4.78 is 17.6. The van der Waals surface area contributed by atoms with Crippen molar-refractivity contribution in [2.45, 2.75) is 6.92 Å². The maximum absolute atomic E-state index is 12.8. The minimum atomic E-state index is -0.517. The summed E-state index contributed by atoms with van der Waals surface area (Å²) in [6.45, 7) is 1.98. The smallest absolute Gasteiger partial charge is 0.340 e. The van der Waals surface area contributed by atoms with E-state index in [1.54, 1.807) is 14.0 Å². The highest BCUT2D eigenvalue weighted by atomic mass is 19.1. The van der Waals surface area contributed by atoms with Crippen LogP contribution in [0.2, 0.25) is 0 Å². The number of ether oxygens (including phenoxy) is 1. The number of anilines is 1. The van der Waals surface area contributed by atoms with Crippen LogP contribution >= 0.6 is 0 Å². The Bertz CT molecular complexity index is 339. The minimum absolute atomic E-state index is 0.217. The van der Waals surface area contributed by atoms with E-state index >= 15 is 0 Å². The Balaban J connectivity index is 3.03. The van der Waals surface area contributed by atoms with Crippen molar-refractivity contribution < 1.29 is 13.9 Å². The van der Waals surface area contributed by atoms with Gasteiger partial charge in [-0.3, -0.25) is 0 Å². The fourth-order valence-electron chi connectivity index (χ4n) is 1.11. The van der Waals surface area contributed by atoms with E-state index in [2.05, 4.69) is 5.32 Å². The lowest BCUT2D eigenvalue weighted by molar-refractivity contribution is 0.0527. The number of rotatable bonds is 3. The van der Waals surface area contributed by atoms with Crippen LogP contribution < -0.4 is 5.32 Å². The van der Waals surface area contributed by atoms with E-state index in [0.29, 0.717) is 5.69 Å². The Hall–Kier alpha value is -1.58. The van der Waals surface area contributed by atoms with Gasteiger partial charge >= 0.3 is 5.97 Å². The maximum Gasteiger partial charge on any atom is 0.340 e. The van der Waals surface area contributed by atoms with Crippen molar-refractivity contribution >= 4 is 11.7 Å². The molecular formula is C10H12FNO2. The first-order valence-corrected chi connectivity index (χ1v) is 4.33. The predicted octanol–water partition coefficient (Wildman–Crippen LogP) is 2.04. The summed E-state index contributed by atoms with van der Waals surface area (Å²) in [5.41, 5.74) is 0.777. The van der Waals surface area contributed by atoms with Gasteiger partial charge in [0.2, 0.25) is 0 Å². The Morgan fingerprint density at radius 2 is 2.29 bits per heavy atom. The quantitative estimate of drug-likeness (QED) is 0.753. The van der Waals surface area contributed by atoms with Crippen LogP contribution in [0.5, 0.6) is 0 Å². The van der Waals surface area contributed by atoms with Gasteiger partial charge in [-0.2, -0.15) is 0 Å². The van der Waals surface area contributed by atoms with E-state index in [9.17, 15) is 9.18 Å². The zero-order valence-electron chi connectivity index (χ0n) is 8.13. The Morgan fingerprint density at radius 3 is 2.86 bits per heavy atom. The highest BCUT2D eigenvalue weighted by Crippen LogP contribution is 2.17. The van der Waals surface area contributed by atoms with Crippen molar-refractivity contribution in [2.24, 2.45) is 0 Å². The first-order valence-electron chi connectivity index (χ1n) is 4.33. The number of hydrogen-bond acceptors (Lipinski definition) is 3. The van der Waals surface area contributed by atoms with Crippen LogP contribution in [0.3, 0.4) is 0 Å². The van der Waals surface area contributed by atoms with Crippen LogP contribution in [0, 0.1) is 5.82 Å². The van der Waals surface area contributed by atoms with Crippen molar-refractivity contribution in [3.8, 4) is 0 Å². The second-order valence-corrected chi connectivity index (χ2v) is 2.66. The highest BCUT2D eigenvalue weighted by molar-refractivity contribution is 5.95. The molecule has 1 aromatic rings. The van der Waals surface area contributed by atoms with Gasteiger partial charge < -0.3 is 10.1 Å². The number of hydrogen-bond donors (Lipinski definition) is 1. The van der Waals surface area contributed by atoms with Crippen LogP contribution in [-0.4, -0.2) is 19.6 Å². The molecule has 4 heteroatoms. The monoisotopic (exact) mass is 197 g/mol. The molecule has 0 saturated carbocycles. The lowest BCUT2D eigenvalue weighted by Crippen LogP contribution is -2.08. The average molecular weight is 197 g/mol. The van der Waals surface area contributed by atoms with Gasteiger partial charge in [0.05, 0.1) is 12.2 Å². The van der Waals surface area contributed by atoms with Crippen LogP contribution in [0.15, 0.2) is 18.2 Å². The highest BCUT2D eigenvalue weighted by Gasteiger charge is 2.12. The first-order chi connectivity index (χ1) is 6.69. The molecule has 0 aliphatic rings. The van der Waals surface area contributed by atoms with Gasteiger partial charge in [-0.1, -0.05) is 0 Å². The van der Waals surface area contributed by atoms with Crippen molar-refractivity contribution in [2.75, 3.05) is 19.0 Å². The van der Waals surface area contributed by atoms with Gasteiger partial charge in [0.1, 0.15) is 5.82 Å². The summed E-state index contributed by atoms with van der Waals surface area (Å²) in [5.74, 6) is -0.969. The van der Waals surface area contributed by atoms with Gasteiger partial charge in [-0.15, -0.1) is 0 Å². The SMILES string of the molecule is CCOC(=O)c1cc(F)ccc1NC. The molecule has 0 aliphatic carbocycles. The largest absolute Gasteiger partial charge is 0.462 e. The molecule has 0 aliphatic heterocycles. The molecule has 0 bridgehead atoms. The van der Waals surface area contributed by atoms with Crippen molar-refractivity contribution in [3.63, 3.8) is 0 Å². The molecule has 0 aromatic heterocycles. The second-order valence-electron chi connectivity index (χ2n) is 2.66. The summed E-state index contributed by atoms with van der Waals surface area (Å²) in [4.78, 5) is 11.3. The predicted molar refractivity (Wildman–Crippen MR) is 51.9 cm³/mol. The molecule has 1 aromatic carbocycles. The van der Waals surface area contributed by atoms with Crippen molar-refractivity contribution in [1.82, 2.24) is 0 Å². The molecule has 0 atom stereocenters. The third kappa shape index (κ3) is 2.22. The standard InChI is InChI=1S/C10H12FNO2/c1-3-14-10(13)8-6-7(11)4-5-9(8)12-2/h4-6,12H,3H2,1-2H3. The molecule has 0 unspecified atom stereocenters. The number of benzene rings is 1. The zero-order valence-corrected chi connectivity index (χ0v) is 8.13. The van der Waals surface area contributed by atoms with Gasteiger partial charge in [0, 0.05) is 12.7 Å². The van der Waals surface area contributed by atoms with E-state index < -0.39 is 11.8 Å². The number of carbonyl (C=O) groups excluding carboxylic acids is 1. The third-order valence-electron chi connectivity index (χ3n) is 1.75. The summed E-state index contributed by atoms with van der Waals surface area (Å²) >= 11 is 0. The summed E-state index contributed by atoms with van der Waals surface area (Å²) in [6.07, 6.45) is 0. The molecule has 1 N–H and O–H groups in total. The molecule has 14 heavy (non-hydrogen) atoms. The summed E-state index contributed by atoms with van der Waals surface area (Å²) in [7, 11) is 1.66. The Labute approximate surface area is 81.9 Å². The summed E-state index contributed by atoms with van der Waals surface area (Å²) in [5, 5.41) is 2.79. The van der Waals surface area contributed by atoms with E-state index in [0.717, 1.165) is 6.07 Å². The first kappa shape index (κ1) is 10.5. The fraction of sp³-hybridized carbons (Fsp3) is 0.300. The third-order valence-corrected chi connectivity index (χ3v) is 1.75. The molecular weight excluding hydrogens is 185 g/mol. The van der Waals surface area contributed by atoms with Gasteiger partial charge in [0.25, 0.3) is 0 Å². The number of carbonyl (C=O) groups is 1.